The van der Waals surface area contributed by atoms with Crippen molar-refractivity contribution in [1.82, 2.24) is 9.80 Å². The van der Waals surface area contributed by atoms with Gasteiger partial charge in [0.1, 0.15) is 5.75 Å². The Kier molecular flexibility index (Phi) is 9.09. The fourth-order valence-electron chi connectivity index (χ4n) is 6.16. The van der Waals surface area contributed by atoms with Crippen LogP contribution in [0.4, 0.5) is 26.3 Å². The molecule has 5 rings (SSSR count). The molecule has 9 heteroatoms. The third-order valence-corrected chi connectivity index (χ3v) is 8.27. The Labute approximate surface area is 253 Å². The van der Waals surface area contributed by atoms with E-state index in [1.54, 1.807) is 24.3 Å². The average molecular weight is 612 g/mol. The van der Waals surface area contributed by atoms with Crippen molar-refractivity contribution in [2.75, 3.05) is 33.3 Å². The van der Waals surface area contributed by atoms with E-state index in [9.17, 15) is 26.3 Å². The predicted octanol–water partition coefficient (Wildman–Crippen LogP) is 8.41. The molecule has 0 aliphatic carbocycles. The summed E-state index contributed by atoms with van der Waals surface area (Å²) in [7, 11) is 1.48. The van der Waals surface area contributed by atoms with Gasteiger partial charge < -0.3 is 4.74 Å². The second-order valence-corrected chi connectivity index (χ2v) is 11.1. The van der Waals surface area contributed by atoms with Gasteiger partial charge >= 0.3 is 12.4 Å². The highest BCUT2D eigenvalue weighted by Gasteiger charge is 2.42. The van der Waals surface area contributed by atoms with Crippen LogP contribution in [-0.2, 0) is 24.3 Å². The van der Waals surface area contributed by atoms with E-state index in [1.807, 2.05) is 41.3 Å². The number of rotatable bonds is 8. The molecule has 0 spiro atoms. The van der Waals surface area contributed by atoms with Gasteiger partial charge in [0.15, 0.2) is 0 Å². The Morgan fingerprint density at radius 2 is 1.16 bits per heavy atom. The van der Waals surface area contributed by atoms with E-state index in [0.717, 1.165) is 23.3 Å². The molecule has 4 aromatic rings. The van der Waals surface area contributed by atoms with Crippen LogP contribution in [0, 0.1) is 6.92 Å². The minimum Gasteiger partial charge on any atom is -0.496 e. The number of piperazine rings is 1. The smallest absolute Gasteiger partial charge is 0.416 e. The molecule has 3 nitrogen and oxygen atoms in total. The van der Waals surface area contributed by atoms with Crippen LogP contribution < -0.4 is 4.74 Å². The van der Waals surface area contributed by atoms with Crippen LogP contribution in [0.2, 0.25) is 0 Å². The number of benzene rings is 4. The molecular formula is C35H33F6N2O. The van der Waals surface area contributed by atoms with Gasteiger partial charge in [-0.1, -0.05) is 78.9 Å². The molecule has 1 fully saturated rings. The molecule has 4 aromatic carbocycles. The number of hydrogen-bond acceptors (Lipinski definition) is 3. The fraction of sp³-hybridized carbons (Fsp3) is 0.286. The molecule has 1 unspecified atom stereocenters. The Bertz CT molecular complexity index is 1460. The molecular weight excluding hydrogens is 578 g/mol. The van der Waals surface area contributed by atoms with Gasteiger partial charge in [-0.25, -0.2) is 0 Å². The first-order chi connectivity index (χ1) is 20.9. The van der Waals surface area contributed by atoms with Crippen LogP contribution in [0.25, 0.3) is 0 Å². The Balaban J connectivity index is 1.51. The van der Waals surface area contributed by atoms with Crippen molar-refractivity contribution in [3.63, 3.8) is 0 Å². The highest BCUT2D eigenvalue weighted by molar-refractivity contribution is 5.43. The SMILES string of the molecule is [CH2]C(Cc1cc(C(F)(F)F)cc(C(F)(F)F)c1)(c1ccccc1OC)N1CCN(C(c2ccccc2)c2ccccc2)CC1. The van der Waals surface area contributed by atoms with Crippen LogP contribution >= 0.6 is 0 Å². The maximum absolute atomic E-state index is 13.7. The van der Waals surface area contributed by atoms with Crippen LogP contribution in [0.15, 0.2) is 103 Å². The monoisotopic (exact) mass is 611 g/mol. The lowest BCUT2D eigenvalue weighted by atomic mass is 9.81. The van der Waals surface area contributed by atoms with E-state index in [0.29, 0.717) is 37.5 Å². The lowest BCUT2D eigenvalue weighted by Crippen LogP contribution is -2.56. The minimum atomic E-state index is -4.94. The van der Waals surface area contributed by atoms with Crippen LogP contribution in [-0.4, -0.2) is 43.1 Å². The van der Waals surface area contributed by atoms with Crippen molar-refractivity contribution in [2.24, 2.45) is 0 Å². The van der Waals surface area contributed by atoms with Gasteiger partial charge in [0, 0.05) is 31.7 Å². The topological polar surface area (TPSA) is 15.7 Å². The summed E-state index contributed by atoms with van der Waals surface area (Å²) in [6.07, 6.45) is -10.1. The van der Waals surface area contributed by atoms with E-state index in [1.165, 1.54) is 7.11 Å². The molecule has 231 valence electrons. The lowest BCUT2D eigenvalue weighted by Gasteiger charge is -2.48. The van der Waals surface area contributed by atoms with Gasteiger partial charge in [-0.15, -0.1) is 0 Å². The Morgan fingerprint density at radius 1 is 0.682 bits per heavy atom. The second-order valence-electron chi connectivity index (χ2n) is 11.1. The third-order valence-electron chi connectivity index (χ3n) is 8.27. The zero-order valence-corrected chi connectivity index (χ0v) is 24.2. The first-order valence-corrected chi connectivity index (χ1v) is 14.3. The van der Waals surface area contributed by atoms with E-state index in [4.69, 9.17) is 4.74 Å². The molecule has 0 N–H and O–H groups in total. The predicted molar refractivity (Wildman–Crippen MR) is 158 cm³/mol. The highest BCUT2D eigenvalue weighted by atomic mass is 19.4. The van der Waals surface area contributed by atoms with E-state index < -0.39 is 29.0 Å². The quantitative estimate of drug-likeness (QED) is 0.186. The summed E-state index contributed by atoms with van der Waals surface area (Å²) >= 11 is 0. The van der Waals surface area contributed by atoms with Gasteiger partial charge in [-0.2, -0.15) is 26.3 Å². The van der Waals surface area contributed by atoms with Gasteiger partial charge in [0.05, 0.1) is 29.8 Å². The van der Waals surface area contributed by atoms with Crippen LogP contribution in [0.5, 0.6) is 5.75 Å². The molecule has 0 saturated carbocycles. The van der Waals surface area contributed by atoms with Crippen LogP contribution in [0.1, 0.15) is 39.4 Å². The van der Waals surface area contributed by atoms with Crippen molar-refractivity contribution in [1.29, 1.82) is 0 Å². The summed E-state index contributed by atoms with van der Waals surface area (Å²) in [4.78, 5) is 4.39. The first-order valence-electron chi connectivity index (χ1n) is 14.3. The molecule has 0 bridgehead atoms. The van der Waals surface area contributed by atoms with Gasteiger partial charge in [0.2, 0.25) is 0 Å². The summed E-state index contributed by atoms with van der Waals surface area (Å²) in [5.74, 6) is 0.458. The molecule has 1 aliphatic rings. The number of hydrogen-bond donors (Lipinski definition) is 0. The zero-order chi connectivity index (χ0) is 31.5. The molecule has 1 atom stereocenters. The number of para-hydroxylation sites is 1. The van der Waals surface area contributed by atoms with Crippen molar-refractivity contribution in [3.8, 4) is 5.75 Å². The standard InChI is InChI=1S/C35H33F6N2O/c1-33(30-15-9-10-16-31(30)44-2,24-25-21-28(34(36,37)38)23-29(22-25)35(39,40)41)43-19-17-42(18-20-43)32(26-11-5-3-6-12-26)27-13-7-4-8-14-27/h3-16,21-23,32H,1,17-20,24H2,2H3. The molecule has 1 radical (unpaired) electrons. The van der Waals surface area contributed by atoms with E-state index in [2.05, 4.69) is 36.1 Å². The normalized spacial score (nSPS) is 16.6. The summed E-state index contributed by atoms with van der Waals surface area (Å²) in [6, 6.07) is 29.0. The Morgan fingerprint density at radius 3 is 1.64 bits per heavy atom. The number of alkyl halides is 6. The first kappa shape index (κ1) is 31.6. The van der Waals surface area contributed by atoms with Crippen molar-refractivity contribution in [2.45, 2.75) is 30.4 Å². The molecule has 44 heavy (non-hydrogen) atoms. The average Bonchev–Trinajstić information content (AvgIpc) is 3.01. The van der Waals surface area contributed by atoms with Gasteiger partial charge in [0.25, 0.3) is 0 Å². The fourth-order valence-corrected chi connectivity index (χ4v) is 6.16. The number of methoxy groups -OCH3 is 1. The summed E-state index contributed by atoms with van der Waals surface area (Å²) in [5, 5.41) is 0. The highest BCUT2D eigenvalue weighted by Crippen LogP contribution is 2.42. The molecule has 1 aliphatic heterocycles. The van der Waals surface area contributed by atoms with Gasteiger partial charge in [-0.05, 0) is 54.3 Å². The number of halogens is 6. The lowest BCUT2D eigenvalue weighted by molar-refractivity contribution is -0.143. The van der Waals surface area contributed by atoms with Crippen LogP contribution in [0.3, 0.4) is 0 Å². The number of ether oxygens (including phenoxy) is 1. The second kappa shape index (κ2) is 12.7. The van der Waals surface area contributed by atoms with Crippen molar-refractivity contribution in [3.05, 3.63) is 143 Å². The molecule has 1 heterocycles. The maximum atomic E-state index is 13.7. The van der Waals surface area contributed by atoms with E-state index in [-0.39, 0.29) is 24.1 Å². The number of nitrogens with zero attached hydrogens (tertiary/aromatic N) is 2. The molecule has 1 saturated heterocycles. The van der Waals surface area contributed by atoms with Crippen molar-refractivity contribution < 1.29 is 31.1 Å². The largest absolute Gasteiger partial charge is 0.496 e. The third kappa shape index (κ3) is 6.79. The van der Waals surface area contributed by atoms with Gasteiger partial charge in [-0.3, -0.25) is 9.80 Å². The minimum absolute atomic E-state index is 0.0252. The summed E-state index contributed by atoms with van der Waals surface area (Å²) < 4.78 is 88.1. The van der Waals surface area contributed by atoms with Crippen molar-refractivity contribution >= 4 is 0 Å². The summed E-state index contributed by atoms with van der Waals surface area (Å²) in [6.45, 7) is 6.64. The molecule has 0 aromatic heterocycles. The maximum Gasteiger partial charge on any atom is 0.416 e. The molecule has 0 amide bonds. The summed E-state index contributed by atoms with van der Waals surface area (Å²) in [5.41, 5.74) is -1.18. The van der Waals surface area contributed by atoms with E-state index >= 15 is 0 Å². The Hall–Kier alpha value is -3.82. The zero-order valence-electron chi connectivity index (χ0n) is 24.2.